The van der Waals surface area contributed by atoms with Crippen molar-refractivity contribution in [2.75, 3.05) is 19.8 Å². The van der Waals surface area contributed by atoms with Crippen molar-refractivity contribution in [3.8, 4) is 0 Å². The number of hydrogen-bond acceptors (Lipinski definition) is 3. The molecule has 2 aliphatic heterocycles. The van der Waals surface area contributed by atoms with Gasteiger partial charge in [-0.1, -0.05) is 6.92 Å². The molecule has 0 bridgehead atoms. The van der Waals surface area contributed by atoms with Crippen LogP contribution in [0.4, 0.5) is 4.79 Å². The molecule has 1 saturated heterocycles. The Morgan fingerprint density at radius 2 is 2.19 bits per heavy atom. The molecule has 0 saturated carbocycles. The van der Waals surface area contributed by atoms with E-state index in [4.69, 9.17) is 10.5 Å². The topological polar surface area (TPSA) is 67.9 Å². The summed E-state index contributed by atoms with van der Waals surface area (Å²) < 4.78 is 5.33. The van der Waals surface area contributed by atoms with Crippen molar-refractivity contribution in [1.82, 2.24) is 4.90 Å². The number of rotatable bonds is 3. The molecule has 0 aromatic rings. The first-order valence-electron chi connectivity index (χ1n) is 5.96. The minimum absolute atomic E-state index is 0.0105. The Bertz CT molecular complexity index is 298. The predicted molar refractivity (Wildman–Crippen MR) is 61.3 cm³/mol. The maximum absolute atomic E-state index is 11.7. The first-order valence-corrected chi connectivity index (χ1v) is 5.96. The summed E-state index contributed by atoms with van der Waals surface area (Å²) >= 11 is 0. The van der Waals surface area contributed by atoms with Gasteiger partial charge < -0.3 is 15.4 Å². The molecule has 90 valence electrons. The van der Waals surface area contributed by atoms with Crippen LogP contribution < -0.4 is 5.73 Å². The number of amides is 2. The van der Waals surface area contributed by atoms with Gasteiger partial charge in [-0.2, -0.15) is 4.99 Å². The zero-order chi connectivity index (χ0) is 11.5. The average Bonchev–Trinajstić information content (AvgIpc) is 2.56. The lowest BCUT2D eigenvalue weighted by Crippen LogP contribution is -2.47. The van der Waals surface area contributed by atoms with Crippen LogP contribution in [-0.2, 0) is 4.74 Å². The van der Waals surface area contributed by atoms with Crippen LogP contribution in [0.2, 0.25) is 0 Å². The quantitative estimate of drug-likeness (QED) is 0.778. The van der Waals surface area contributed by atoms with E-state index in [-0.39, 0.29) is 12.1 Å². The third-order valence-electron chi connectivity index (χ3n) is 3.29. The Kier molecular flexibility index (Phi) is 3.43. The first-order chi connectivity index (χ1) is 7.74. The molecule has 1 atom stereocenters. The Labute approximate surface area is 95.6 Å². The molecule has 2 heterocycles. The van der Waals surface area contributed by atoms with E-state index in [0.717, 1.165) is 39.0 Å². The normalized spacial score (nSPS) is 27.3. The van der Waals surface area contributed by atoms with Gasteiger partial charge in [-0.25, -0.2) is 4.79 Å². The van der Waals surface area contributed by atoms with Crippen molar-refractivity contribution < 1.29 is 9.53 Å². The number of aliphatic imine (C=N–C) groups is 1. The van der Waals surface area contributed by atoms with E-state index in [2.05, 4.69) is 11.9 Å². The van der Waals surface area contributed by atoms with E-state index < -0.39 is 0 Å². The van der Waals surface area contributed by atoms with E-state index >= 15 is 0 Å². The van der Waals surface area contributed by atoms with Crippen molar-refractivity contribution >= 4 is 11.9 Å². The zero-order valence-corrected chi connectivity index (χ0v) is 9.69. The standard InChI is InChI=1S/C11H19N3O2/c1-2-5-14-9(10(12)13-11(14)15)8-3-6-16-7-4-8/h8-9H,2-7H2,1H3,(H2,12,13,15). The highest BCUT2D eigenvalue weighted by atomic mass is 16.5. The van der Waals surface area contributed by atoms with Gasteiger partial charge in [-0.15, -0.1) is 0 Å². The van der Waals surface area contributed by atoms with Crippen LogP contribution in [0.15, 0.2) is 4.99 Å². The van der Waals surface area contributed by atoms with E-state index in [1.165, 1.54) is 0 Å². The second kappa shape index (κ2) is 4.82. The number of ether oxygens (including phenoxy) is 1. The highest BCUT2D eigenvalue weighted by Crippen LogP contribution is 2.26. The second-order valence-corrected chi connectivity index (χ2v) is 4.41. The highest BCUT2D eigenvalue weighted by Gasteiger charge is 2.38. The van der Waals surface area contributed by atoms with Gasteiger partial charge in [0.05, 0.1) is 6.04 Å². The summed E-state index contributed by atoms with van der Waals surface area (Å²) in [4.78, 5) is 17.4. The van der Waals surface area contributed by atoms with Crippen LogP contribution in [0.5, 0.6) is 0 Å². The van der Waals surface area contributed by atoms with Gasteiger partial charge in [0.1, 0.15) is 5.84 Å². The molecule has 0 aromatic carbocycles. The largest absolute Gasteiger partial charge is 0.385 e. The fourth-order valence-electron chi connectivity index (χ4n) is 2.52. The van der Waals surface area contributed by atoms with Crippen LogP contribution in [-0.4, -0.2) is 42.6 Å². The van der Waals surface area contributed by atoms with Gasteiger partial charge in [0, 0.05) is 19.8 Å². The average molecular weight is 225 g/mol. The first kappa shape index (κ1) is 11.4. The summed E-state index contributed by atoms with van der Waals surface area (Å²) in [6, 6.07) is -0.160. The summed E-state index contributed by atoms with van der Waals surface area (Å²) in [6.07, 6.45) is 2.87. The van der Waals surface area contributed by atoms with Crippen LogP contribution in [0.25, 0.3) is 0 Å². The molecule has 2 N–H and O–H groups in total. The second-order valence-electron chi connectivity index (χ2n) is 4.41. The molecular weight excluding hydrogens is 206 g/mol. The minimum atomic E-state index is -0.171. The fraction of sp³-hybridized carbons (Fsp3) is 0.818. The Morgan fingerprint density at radius 3 is 2.81 bits per heavy atom. The minimum Gasteiger partial charge on any atom is -0.385 e. The van der Waals surface area contributed by atoms with Gasteiger partial charge in [-0.3, -0.25) is 0 Å². The number of amidine groups is 1. The fourth-order valence-corrected chi connectivity index (χ4v) is 2.52. The van der Waals surface area contributed by atoms with E-state index in [0.29, 0.717) is 11.8 Å². The molecule has 0 spiro atoms. The van der Waals surface area contributed by atoms with Gasteiger partial charge in [-0.05, 0) is 25.2 Å². The summed E-state index contributed by atoms with van der Waals surface area (Å²) in [7, 11) is 0. The van der Waals surface area contributed by atoms with Crippen molar-refractivity contribution in [1.29, 1.82) is 0 Å². The van der Waals surface area contributed by atoms with Crippen LogP contribution in [0.1, 0.15) is 26.2 Å². The summed E-state index contributed by atoms with van der Waals surface area (Å²) in [6.45, 7) is 4.33. The lowest BCUT2D eigenvalue weighted by atomic mass is 9.90. The van der Waals surface area contributed by atoms with E-state index in [9.17, 15) is 4.79 Å². The number of carbonyl (C=O) groups is 1. The Balaban J connectivity index is 2.09. The van der Waals surface area contributed by atoms with Gasteiger partial charge >= 0.3 is 6.03 Å². The predicted octanol–water partition coefficient (Wildman–Crippen LogP) is 0.984. The van der Waals surface area contributed by atoms with E-state index in [1.54, 1.807) is 0 Å². The molecule has 5 nitrogen and oxygen atoms in total. The summed E-state index contributed by atoms with van der Waals surface area (Å²) in [5, 5.41) is 0. The van der Waals surface area contributed by atoms with Crippen LogP contribution in [0, 0.1) is 5.92 Å². The lowest BCUT2D eigenvalue weighted by molar-refractivity contribution is 0.0495. The molecule has 2 amide bonds. The molecular formula is C11H19N3O2. The van der Waals surface area contributed by atoms with Gasteiger partial charge in [0.15, 0.2) is 0 Å². The molecule has 16 heavy (non-hydrogen) atoms. The maximum Gasteiger partial charge on any atom is 0.345 e. The Hall–Kier alpha value is -1.10. The number of hydrogen-bond donors (Lipinski definition) is 1. The zero-order valence-electron chi connectivity index (χ0n) is 9.69. The number of carbonyl (C=O) groups excluding carboxylic acids is 1. The van der Waals surface area contributed by atoms with Crippen molar-refractivity contribution in [2.45, 2.75) is 32.2 Å². The SMILES string of the molecule is CCCN1C(=O)N=C(N)C1C1CCOCC1. The van der Waals surface area contributed by atoms with Crippen molar-refractivity contribution in [3.05, 3.63) is 0 Å². The lowest BCUT2D eigenvalue weighted by Gasteiger charge is -2.33. The van der Waals surface area contributed by atoms with Gasteiger partial charge in [0.25, 0.3) is 0 Å². The molecule has 2 rings (SSSR count). The summed E-state index contributed by atoms with van der Waals surface area (Å²) in [5.41, 5.74) is 5.87. The van der Waals surface area contributed by atoms with Crippen molar-refractivity contribution in [3.63, 3.8) is 0 Å². The number of nitrogens with zero attached hydrogens (tertiary/aromatic N) is 2. The molecule has 2 aliphatic rings. The third kappa shape index (κ3) is 2.04. The molecule has 1 fully saturated rings. The molecule has 5 heteroatoms. The molecule has 0 radical (unpaired) electrons. The summed E-state index contributed by atoms with van der Waals surface area (Å²) in [5.74, 6) is 0.904. The molecule has 1 unspecified atom stereocenters. The molecule has 0 aromatic heterocycles. The monoisotopic (exact) mass is 225 g/mol. The maximum atomic E-state index is 11.7. The Morgan fingerprint density at radius 1 is 1.50 bits per heavy atom. The van der Waals surface area contributed by atoms with Crippen molar-refractivity contribution in [2.24, 2.45) is 16.6 Å². The van der Waals surface area contributed by atoms with E-state index in [1.807, 2.05) is 4.90 Å². The molecule has 0 aliphatic carbocycles. The number of nitrogens with two attached hydrogens (primary N) is 1. The highest BCUT2D eigenvalue weighted by molar-refractivity contribution is 6.02. The van der Waals surface area contributed by atoms with Gasteiger partial charge in [0.2, 0.25) is 0 Å². The third-order valence-corrected chi connectivity index (χ3v) is 3.29. The number of urea groups is 1. The smallest absolute Gasteiger partial charge is 0.345 e. The van der Waals surface area contributed by atoms with Crippen LogP contribution >= 0.6 is 0 Å². The van der Waals surface area contributed by atoms with Crippen LogP contribution in [0.3, 0.4) is 0 Å².